The summed E-state index contributed by atoms with van der Waals surface area (Å²) >= 11 is 3.33. The van der Waals surface area contributed by atoms with E-state index in [1.807, 2.05) is 12.1 Å². The van der Waals surface area contributed by atoms with E-state index in [-0.39, 0.29) is 0 Å². The normalized spacial score (nSPS) is 14.4. The maximum absolute atomic E-state index is 5.32. The van der Waals surface area contributed by atoms with Gasteiger partial charge in [-0.15, -0.1) is 0 Å². The molecule has 2 rings (SSSR count). The Hall–Kier alpha value is -0.770. The zero-order valence-corrected chi connectivity index (χ0v) is 8.00. The zero-order valence-electron chi connectivity index (χ0n) is 6.42. The SMILES string of the molecule is BrCc1ccc2c(n1)OCCO2. The molecule has 1 aromatic rings. The molecule has 1 aromatic heterocycles. The van der Waals surface area contributed by atoms with Crippen molar-refractivity contribution in [3.05, 3.63) is 17.8 Å². The van der Waals surface area contributed by atoms with Gasteiger partial charge < -0.3 is 9.47 Å². The first-order valence-corrected chi connectivity index (χ1v) is 4.84. The molecule has 0 spiro atoms. The second-order valence-electron chi connectivity index (χ2n) is 2.44. The first-order chi connectivity index (χ1) is 5.90. The van der Waals surface area contributed by atoms with Crippen LogP contribution < -0.4 is 9.47 Å². The predicted molar refractivity (Wildman–Crippen MR) is 47.9 cm³/mol. The molecule has 0 N–H and O–H groups in total. The molecule has 1 aliphatic rings. The van der Waals surface area contributed by atoms with Gasteiger partial charge in [0.05, 0.1) is 5.69 Å². The molecule has 0 amide bonds. The number of aromatic nitrogens is 1. The summed E-state index contributed by atoms with van der Waals surface area (Å²) in [5.74, 6) is 1.35. The zero-order chi connectivity index (χ0) is 8.39. The summed E-state index contributed by atoms with van der Waals surface area (Å²) in [4.78, 5) is 4.24. The molecular formula is C8H8BrNO2. The van der Waals surface area contributed by atoms with Crippen LogP contribution in [-0.4, -0.2) is 18.2 Å². The van der Waals surface area contributed by atoms with Gasteiger partial charge in [0.1, 0.15) is 13.2 Å². The lowest BCUT2D eigenvalue weighted by Crippen LogP contribution is -2.16. The van der Waals surface area contributed by atoms with E-state index < -0.39 is 0 Å². The Bertz CT molecular complexity index is 290. The summed E-state index contributed by atoms with van der Waals surface area (Å²) in [7, 11) is 0. The highest BCUT2D eigenvalue weighted by molar-refractivity contribution is 9.08. The Balaban J connectivity index is 2.36. The minimum atomic E-state index is 0.589. The van der Waals surface area contributed by atoms with Crippen LogP contribution >= 0.6 is 15.9 Å². The third kappa shape index (κ3) is 1.39. The van der Waals surface area contributed by atoms with E-state index in [0.717, 1.165) is 16.8 Å². The van der Waals surface area contributed by atoms with Gasteiger partial charge in [-0.25, -0.2) is 4.98 Å². The van der Waals surface area contributed by atoms with Gasteiger partial charge in [0.15, 0.2) is 5.75 Å². The lowest BCUT2D eigenvalue weighted by Gasteiger charge is -2.17. The van der Waals surface area contributed by atoms with Crippen molar-refractivity contribution < 1.29 is 9.47 Å². The fourth-order valence-corrected chi connectivity index (χ4v) is 1.36. The standard InChI is InChI=1S/C8H8BrNO2/c9-5-6-1-2-7-8(10-6)12-4-3-11-7/h1-2H,3-5H2. The molecule has 12 heavy (non-hydrogen) atoms. The molecule has 0 saturated carbocycles. The van der Waals surface area contributed by atoms with Gasteiger partial charge in [-0.3, -0.25) is 0 Å². The van der Waals surface area contributed by atoms with Crippen LogP contribution in [0.3, 0.4) is 0 Å². The smallest absolute Gasteiger partial charge is 0.257 e. The highest BCUT2D eigenvalue weighted by Crippen LogP contribution is 2.27. The maximum atomic E-state index is 5.32. The van der Waals surface area contributed by atoms with E-state index in [1.54, 1.807) is 0 Å². The van der Waals surface area contributed by atoms with Crippen LogP contribution in [0.1, 0.15) is 5.69 Å². The lowest BCUT2D eigenvalue weighted by atomic mass is 10.3. The maximum Gasteiger partial charge on any atom is 0.257 e. The molecule has 0 fully saturated rings. The third-order valence-corrected chi connectivity index (χ3v) is 2.17. The minimum Gasteiger partial charge on any atom is -0.484 e. The molecule has 0 radical (unpaired) electrons. The number of halogens is 1. The van der Waals surface area contributed by atoms with Gasteiger partial charge in [0.2, 0.25) is 0 Å². The monoisotopic (exact) mass is 229 g/mol. The first-order valence-electron chi connectivity index (χ1n) is 3.71. The molecule has 4 heteroatoms. The number of fused-ring (bicyclic) bond motifs is 1. The average molecular weight is 230 g/mol. The molecule has 1 aliphatic heterocycles. The molecule has 0 aromatic carbocycles. The Morgan fingerprint density at radius 1 is 1.33 bits per heavy atom. The molecule has 0 unspecified atom stereocenters. The lowest BCUT2D eigenvalue weighted by molar-refractivity contribution is 0.164. The van der Waals surface area contributed by atoms with E-state index in [0.29, 0.717) is 19.1 Å². The quantitative estimate of drug-likeness (QED) is 0.688. The van der Waals surface area contributed by atoms with Crippen molar-refractivity contribution in [2.45, 2.75) is 5.33 Å². The second kappa shape index (κ2) is 3.31. The van der Waals surface area contributed by atoms with E-state index in [2.05, 4.69) is 20.9 Å². The van der Waals surface area contributed by atoms with Gasteiger partial charge in [-0.05, 0) is 12.1 Å². The van der Waals surface area contributed by atoms with Crippen molar-refractivity contribution in [3.63, 3.8) is 0 Å². The van der Waals surface area contributed by atoms with Crippen LogP contribution in [0.4, 0.5) is 0 Å². The molecule has 3 nitrogen and oxygen atoms in total. The topological polar surface area (TPSA) is 31.4 Å². The Kier molecular flexibility index (Phi) is 2.17. The Morgan fingerprint density at radius 2 is 2.17 bits per heavy atom. The van der Waals surface area contributed by atoms with Crippen molar-refractivity contribution in [1.82, 2.24) is 4.98 Å². The van der Waals surface area contributed by atoms with Gasteiger partial charge in [-0.2, -0.15) is 0 Å². The van der Waals surface area contributed by atoms with Gasteiger partial charge in [0, 0.05) is 5.33 Å². The van der Waals surface area contributed by atoms with Crippen LogP contribution in [0.2, 0.25) is 0 Å². The number of ether oxygens (including phenoxy) is 2. The summed E-state index contributed by atoms with van der Waals surface area (Å²) in [6.45, 7) is 1.20. The minimum absolute atomic E-state index is 0.589. The van der Waals surface area contributed by atoms with E-state index in [1.165, 1.54) is 0 Å². The highest BCUT2D eigenvalue weighted by atomic mass is 79.9. The molecule has 64 valence electrons. The van der Waals surface area contributed by atoms with Crippen molar-refractivity contribution >= 4 is 15.9 Å². The van der Waals surface area contributed by atoms with Crippen LogP contribution in [0.15, 0.2) is 12.1 Å². The summed E-state index contributed by atoms with van der Waals surface area (Å²) in [5, 5.41) is 0.740. The second-order valence-corrected chi connectivity index (χ2v) is 3.00. The number of rotatable bonds is 1. The number of pyridine rings is 1. The van der Waals surface area contributed by atoms with Gasteiger partial charge in [-0.1, -0.05) is 15.9 Å². The van der Waals surface area contributed by atoms with Crippen LogP contribution in [0, 0.1) is 0 Å². The van der Waals surface area contributed by atoms with E-state index >= 15 is 0 Å². The number of nitrogens with zero attached hydrogens (tertiary/aromatic N) is 1. The van der Waals surface area contributed by atoms with E-state index in [4.69, 9.17) is 9.47 Å². The molecular weight excluding hydrogens is 222 g/mol. The van der Waals surface area contributed by atoms with Crippen LogP contribution in [0.5, 0.6) is 11.6 Å². The molecule has 2 heterocycles. The summed E-state index contributed by atoms with van der Waals surface area (Å²) in [6, 6.07) is 3.81. The Morgan fingerprint density at radius 3 is 3.00 bits per heavy atom. The average Bonchev–Trinajstić information content (AvgIpc) is 2.17. The highest BCUT2D eigenvalue weighted by Gasteiger charge is 2.12. The third-order valence-electron chi connectivity index (χ3n) is 1.60. The summed E-state index contributed by atoms with van der Waals surface area (Å²) in [5.41, 5.74) is 0.958. The van der Waals surface area contributed by atoms with E-state index in [9.17, 15) is 0 Å². The van der Waals surface area contributed by atoms with Crippen molar-refractivity contribution in [1.29, 1.82) is 0 Å². The number of hydrogen-bond acceptors (Lipinski definition) is 3. The van der Waals surface area contributed by atoms with Crippen molar-refractivity contribution in [2.75, 3.05) is 13.2 Å². The fraction of sp³-hybridized carbons (Fsp3) is 0.375. The number of hydrogen-bond donors (Lipinski definition) is 0. The molecule has 0 bridgehead atoms. The van der Waals surface area contributed by atoms with Crippen molar-refractivity contribution in [2.24, 2.45) is 0 Å². The summed E-state index contributed by atoms with van der Waals surface area (Å²) in [6.07, 6.45) is 0. The van der Waals surface area contributed by atoms with Gasteiger partial charge >= 0.3 is 0 Å². The largest absolute Gasteiger partial charge is 0.484 e. The molecule has 0 atom stereocenters. The fourth-order valence-electron chi connectivity index (χ4n) is 1.04. The summed E-state index contributed by atoms with van der Waals surface area (Å²) < 4.78 is 10.6. The molecule has 0 aliphatic carbocycles. The van der Waals surface area contributed by atoms with Crippen LogP contribution in [-0.2, 0) is 5.33 Å². The van der Waals surface area contributed by atoms with Gasteiger partial charge in [0.25, 0.3) is 5.88 Å². The first kappa shape index (κ1) is 7.86. The number of alkyl halides is 1. The predicted octanol–water partition coefficient (Wildman–Crippen LogP) is 1.75. The Labute approximate surface area is 78.8 Å². The van der Waals surface area contributed by atoms with Crippen LogP contribution in [0.25, 0.3) is 0 Å². The molecule has 0 saturated heterocycles. The van der Waals surface area contributed by atoms with Crippen molar-refractivity contribution in [3.8, 4) is 11.6 Å².